The molecule has 2 heterocycles. The molecule has 1 aromatic carbocycles. The van der Waals surface area contributed by atoms with Gasteiger partial charge >= 0.3 is 0 Å². The minimum Gasteiger partial charge on any atom is -0.507 e. The fourth-order valence-electron chi connectivity index (χ4n) is 1.54. The van der Waals surface area contributed by atoms with E-state index >= 15 is 0 Å². The minimum atomic E-state index is 0.217. The van der Waals surface area contributed by atoms with E-state index in [0.717, 1.165) is 20.9 Å². The van der Waals surface area contributed by atoms with E-state index in [1.54, 1.807) is 12.3 Å². The second kappa shape index (κ2) is 4.09. The molecule has 84 valence electrons. The lowest BCUT2D eigenvalue weighted by Gasteiger charge is -1.99. The second-order valence-corrected chi connectivity index (χ2v) is 5.34. The number of benzene rings is 1. The Bertz CT molecular complexity index is 663. The highest BCUT2D eigenvalue weighted by Gasteiger charge is 2.08. The number of nitrogens with zero attached hydrogens (tertiary/aromatic N) is 2. The van der Waals surface area contributed by atoms with Crippen molar-refractivity contribution < 1.29 is 5.11 Å². The zero-order chi connectivity index (χ0) is 11.8. The summed E-state index contributed by atoms with van der Waals surface area (Å²) in [5.41, 5.74) is 1.78. The molecule has 0 unspecified atom stereocenters. The Kier molecular flexibility index (Phi) is 2.57. The van der Waals surface area contributed by atoms with Crippen molar-refractivity contribution in [1.29, 1.82) is 0 Å². The van der Waals surface area contributed by atoms with Crippen LogP contribution in [0.5, 0.6) is 5.75 Å². The Hall–Kier alpha value is -1.46. The van der Waals surface area contributed by atoms with Crippen LogP contribution in [0.4, 0.5) is 0 Å². The summed E-state index contributed by atoms with van der Waals surface area (Å²) in [5, 5.41) is 10.5. The molecule has 0 amide bonds. The van der Waals surface area contributed by atoms with Gasteiger partial charge in [0, 0.05) is 11.8 Å². The first-order chi connectivity index (χ1) is 8.24. The molecule has 1 N–H and O–H groups in total. The average Bonchev–Trinajstić information content (AvgIpc) is 2.76. The lowest BCUT2D eigenvalue weighted by atomic mass is 10.2. The van der Waals surface area contributed by atoms with Crippen LogP contribution in [0, 0.1) is 0 Å². The number of phenols is 1. The molecule has 0 fully saturated rings. The summed E-state index contributed by atoms with van der Waals surface area (Å²) >= 11 is 4.77. The summed E-state index contributed by atoms with van der Waals surface area (Å²) in [5.74, 6) is 0.217. The number of hydrogen-bond donors (Lipinski definition) is 1. The minimum absolute atomic E-state index is 0.217. The van der Waals surface area contributed by atoms with Gasteiger partial charge < -0.3 is 5.11 Å². The number of thiazole rings is 1. The Labute approximate surface area is 110 Å². The van der Waals surface area contributed by atoms with Crippen LogP contribution in [0.2, 0.25) is 0 Å². The Balaban J connectivity index is 2.17. The highest BCUT2D eigenvalue weighted by Crippen LogP contribution is 2.33. The third-order valence-corrected chi connectivity index (χ3v) is 4.06. The van der Waals surface area contributed by atoms with E-state index < -0.39 is 0 Å². The van der Waals surface area contributed by atoms with Crippen molar-refractivity contribution in [3.05, 3.63) is 41.0 Å². The summed E-state index contributed by atoms with van der Waals surface area (Å²) in [7, 11) is 0. The van der Waals surface area contributed by atoms with E-state index in [1.807, 2.05) is 24.3 Å². The molecule has 3 nitrogen and oxygen atoms in total. The predicted molar refractivity (Wildman–Crippen MR) is 72.2 cm³/mol. The lowest BCUT2D eigenvalue weighted by molar-refractivity contribution is 0.472. The number of pyridine rings is 1. The van der Waals surface area contributed by atoms with Crippen molar-refractivity contribution in [2.24, 2.45) is 0 Å². The quantitative estimate of drug-likeness (QED) is 0.743. The van der Waals surface area contributed by atoms with Crippen molar-refractivity contribution in [1.82, 2.24) is 9.97 Å². The molecule has 0 aliphatic rings. The van der Waals surface area contributed by atoms with E-state index in [2.05, 4.69) is 25.9 Å². The third kappa shape index (κ3) is 1.92. The highest BCUT2D eigenvalue weighted by atomic mass is 79.9. The normalized spacial score (nSPS) is 10.9. The van der Waals surface area contributed by atoms with E-state index in [0.29, 0.717) is 4.47 Å². The largest absolute Gasteiger partial charge is 0.507 e. The van der Waals surface area contributed by atoms with Gasteiger partial charge in [0.15, 0.2) is 0 Å². The molecular formula is C12H7BrN2OS. The Morgan fingerprint density at radius 3 is 2.88 bits per heavy atom. The van der Waals surface area contributed by atoms with Gasteiger partial charge in [0.25, 0.3) is 0 Å². The first-order valence-electron chi connectivity index (χ1n) is 4.94. The number of phenolic OH excluding ortho intramolecular Hbond substituents is 1. The molecule has 3 aromatic rings. The van der Waals surface area contributed by atoms with Crippen LogP contribution in [0.15, 0.2) is 41.0 Å². The van der Waals surface area contributed by atoms with Crippen molar-refractivity contribution in [2.45, 2.75) is 0 Å². The Morgan fingerprint density at radius 1 is 1.24 bits per heavy atom. The van der Waals surface area contributed by atoms with Gasteiger partial charge in [-0.25, -0.2) is 9.97 Å². The first kappa shape index (κ1) is 10.7. The van der Waals surface area contributed by atoms with E-state index in [1.165, 1.54) is 11.3 Å². The maximum absolute atomic E-state index is 9.65. The fourth-order valence-corrected chi connectivity index (χ4v) is 2.69. The lowest BCUT2D eigenvalue weighted by Crippen LogP contribution is -1.76. The number of fused-ring (bicyclic) bond motifs is 1. The van der Waals surface area contributed by atoms with Gasteiger partial charge in [-0.05, 0) is 40.2 Å². The van der Waals surface area contributed by atoms with Gasteiger partial charge in [0.2, 0.25) is 0 Å². The summed E-state index contributed by atoms with van der Waals surface area (Å²) in [6.07, 6.45) is 1.75. The van der Waals surface area contributed by atoms with Crippen LogP contribution in [0.3, 0.4) is 0 Å². The topological polar surface area (TPSA) is 46.0 Å². The second-order valence-electron chi connectivity index (χ2n) is 3.51. The maximum Gasteiger partial charge on any atom is 0.143 e. The molecule has 0 saturated carbocycles. The van der Waals surface area contributed by atoms with Crippen molar-refractivity contribution in [3.63, 3.8) is 0 Å². The SMILES string of the molecule is Oc1cc(-c2nc3cccnc3s2)ccc1Br. The zero-order valence-electron chi connectivity index (χ0n) is 8.59. The van der Waals surface area contributed by atoms with Crippen LogP contribution in [0.25, 0.3) is 20.9 Å². The molecule has 0 aliphatic heterocycles. The summed E-state index contributed by atoms with van der Waals surface area (Å²) in [6, 6.07) is 9.22. The highest BCUT2D eigenvalue weighted by molar-refractivity contribution is 9.10. The predicted octanol–water partition coefficient (Wildman–Crippen LogP) is 3.83. The van der Waals surface area contributed by atoms with Gasteiger partial charge in [0.05, 0.1) is 4.47 Å². The van der Waals surface area contributed by atoms with Gasteiger partial charge in [0.1, 0.15) is 21.1 Å². The van der Waals surface area contributed by atoms with Gasteiger partial charge in [-0.3, -0.25) is 0 Å². The summed E-state index contributed by atoms with van der Waals surface area (Å²) in [4.78, 5) is 9.64. The number of halogens is 1. The molecule has 0 spiro atoms. The third-order valence-electron chi connectivity index (χ3n) is 2.36. The molecule has 5 heteroatoms. The Morgan fingerprint density at radius 2 is 2.12 bits per heavy atom. The van der Waals surface area contributed by atoms with Crippen LogP contribution >= 0.6 is 27.3 Å². The summed E-state index contributed by atoms with van der Waals surface area (Å²) in [6.45, 7) is 0. The zero-order valence-corrected chi connectivity index (χ0v) is 11.0. The van der Waals surface area contributed by atoms with Crippen LogP contribution in [0.1, 0.15) is 0 Å². The number of aromatic nitrogens is 2. The van der Waals surface area contributed by atoms with Crippen LogP contribution in [-0.4, -0.2) is 15.1 Å². The molecule has 17 heavy (non-hydrogen) atoms. The maximum atomic E-state index is 9.65. The number of aromatic hydroxyl groups is 1. The van der Waals surface area contributed by atoms with E-state index in [4.69, 9.17) is 0 Å². The molecular weight excluding hydrogens is 300 g/mol. The molecule has 0 radical (unpaired) electrons. The van der Waals surface area contributed by atoms with Gasteiger partial charge in [-0.15, -0.1) is 0 Å². The fraction of sp³-hybridized carbons (Fsp3) is 0. The first-order valence-corrected chi connectivity index (χ1v) is 6.55. The van der Waals surface area contributed by atoms with E-state index in [9.17, 15) is 5.11 Å². The molecule has 2 aromatic heterocycles. The van der Waals surface area contributed by atoms with Crippen LogP contribution < -0.4 is 0 Å². The molecule has 3 rings (SSSR count). The van der Waals surface area contributed by atoms with Gasteiger partial charge in [-0.1, -0.05) is 17.4 Å². The van der Waals surface area contributed by atoms with Crippen molar-refractivity contribution in [3.8, 4) is 16.3 Å². The van der Waals surface area contributed by atoms with Crippen molar-refractivity contribution in [2.75, 3.05) is 0 Å². The number of rotatable bonds is 1. The van der Waals surface area contributed by atoms with Gasteiger partial charge in [-0.2, -0.15) is 0 Å². The van der Waals surface area contributed by atoms with E-state index in [-0.39, 0.29) is 5.75 Å². The smallest absolute Gasteiger partial charge is 0.143 e. The standard InChI is InChI=1S/C12H7BrN2OS/c13-8-4-3-7(6-10(8)16)11-15-9-2-1-5-14-12(9)17-11/h1-6,16H. The number of hydrogen-bond acceptors (Lipinski definition) is 4. The monoisotopic (exact) mass is 306 g/mol. The summed E-state index contributed by atoms with van der Waals surface area (Å²) < 4.78 is 0.681. The molecule has 0 bridgehead atoms. The van der Waals surface area contributed by atoms with Crippen LogP contribution in [-0.2, 0) is 0 Å². The molecule has 0 atom stereocenters. The molecule has 0 saturated heterocycles. The molecule has 0 aliphatic carbocycles. The average molecular weight is 307 g/mol. The van der Waals surface area contributed by atoms with Crippen molar-refractivity contribution >= 4 is 37.6 Å².